The number of amides is 1. The van der Waals surface area contributed by atoms with Crippen LogP contribution in [0, 0.1) is 5.92 Å². The Morgan fingerprint density at radius 2 is 1.65 bits per heavy atom. The lowest BCUT2D eigenvalue weighted by Gasteiger charge is -2.51. The number of nitrogens with zero attached hydrogens (tertiary/aromatic N) is 3. The first-order valence-corrected chi connectivity index (χ1v) is 18.2. The van der Waals surface area contributed by atoms with E-state index in [1.807, 2.05) is 0 Å². The number of carbonyl (C=O) groups excluding carboxylic acids is 1. The Kier molecular flexibility index (Phi) is 8.82. The van der Waals surface area contributed by atoms with Gasteiger partial charge in [-0.2, -0.15) is 4.98 Å². The van der Waals surface area contributed by atoms with Gasteiger partial charge in [-0.05, 0) is 22.2 Å². The Hall–Kier alpha value is -1.95. The van der Waals surface area contributed by atoms with Crippen LogP contribution in [0.2, 0.25) is 22.2 Å². The molecule has 2 unspecified atom stereocenters. The third-order valence-corrected chi connectivity index (χ3v) is 18.4. The summed E-state index contributed by atoms with van der Waals surface area (Å²) in [6.45, 7) is 20.8. The fourth-order valence-electron chi connectivity index (χ4n) is 5.80. The summed E-state index contributed by atoms with van der Waals surface area (Å²) in [5.41, 5.74) is 0.271. The number of aliphatic hydroxyl groups is 1. The fraction of sp³-hybridized carbons (Fsp3) is 0.769. The van der Waals surface area contributed by atoms with Gasteiger partial charge in [0.2, 0.25) is 11.9 Å². The average Bonchev–Trinajstić information content (AvgIpc) is 3.39. The number of aromatic nitrogens is 4. The summed E-state index contributed by atoms with van der Waals surface area (Å²) >= 11 is 0. The van der Waals surface area contributed by atoms with Gasteiger partial charge in [0.05, 0.1) is 12.9 Å². The zero-order valence-corrected chi connectivity index (χ0v) is 27.2. The summed E-state index contributed by atoms with van der Waals surface area (Å²) < 4.78 is 28.9. The first-order chi connectivity index (χ1) is 18.6. The number of ether oxygens (including phenoxy) is 1. The number of H-pyrrole nitrogens is 1. The highest BCUT2D eigenvalue weighted by atomic mass is 28.5. The molecule has 2 fully saturated rings. The number of hydrogen-bond donors (Lipinski definition) is 3. The molecule has 2 aliphatic heterocycles. The minimum atomic E-state index is -2.97. The maximum atomic E-state index is 12.8. The van der Waals surface area contributed by atoms with Crippen LogP contribution in [-0.4, -0.2) is 72.6 Å². The van der Waals surface area contributed by atoms with Crippen molar-refractivity contribution in [3.05, 3.63) is 16.7 Å². The highest BCUT2D eigenvalue weighted by Crippen LogP contribution is 2.48. The van der Waals surface area contributed by atoms with Gasteiger partial charge in [0.1, 0.15) is 18.3 Å². The SMILES string of the molecule is CC(C)C(=O)Nc1nc2c(ncn2[C@@H]2O[C@@H]3CO[Si](C(C)C)(C(C)C)O[Si](C(C)C)(C(C)C)OC3C2O)c(=O)[nH]1. The topological polar surface area (TPSA) is 150 Å². The largest absolute Gasteiger partial charge is 0.414 e. The quantitative estimate of drug-likeness (QED) is 0.405. The predicted molar refractivity (Wildman–Crippen MR) is 155 cm³/mol. The molecule has 0 spiro atoms. The molecule has 2 aromatic rings. The molecular formula is C26H45N5O7Si2. The number of carbonyl (C=O) groups is 1. The van der Waals surface area contributed by atoms with E-state index in [1.54, 1.807) is 13.8 Å². The maximum absolute atomic E-state index is 12.8. The van der Waals surface area contributed by atoms with Gasteiger partial charge >= 0.3 is 17.1 Å². The van der Waals surface area contributed by atoms with Gasteiger partial charge in [-0.3, -0.25) is 24.5 Å². The summed E-state index contributed by atoms with van der Waals surface area (Å²) in [5, 5.41) is 14.3. The van der Waals surface area contributed by atoms with E-state index in [4.69, 9.17) is 17.7 Å². The molecule has 0 aromatic carbocycles. The van der Waals surface area contributed by atoms with E-state index < -0.39 is 47.2 Å². The summed E-state index contributed by atoms with van der Waals surface area (Å²) in [6.07, 6.45) is -1.92. The Balaban J connectivity index is 1.76. The number of rotatable bonds is 7. The molecule has 4 rings (SSSR count). The maximum Gasteiger partial charge on any atom is 0.335 e. The van der Waals surface area contributed by atoms with Gasteiger partial charge in [0.25, 0.3) is 5.56 Å². The molecule has 0 saturated carbocycles. The third kappa shape index (κ3) is 5.23. The van der Waals surface area contributed by atoms with Crippen LogP contribution in [0.25, 0.3) is 11.2 Å². The number of hydrogen-bond acceptors (Lipinski definition) is 9. The molecule has 4 atom stereocenters. The van der Waals surface area contributed by atoms with Crippen LogP contribution in [0.15, 0.2) is 11.1 Å². The lowest BCUT2D eigenvalue weighted by molar-refractivity contribution is -0.118. The number of nitrogens with one attached hydrogen (secondary N) is 2. The molecule has 14 heteroatoms. The van der Waals surface area contributed by atoms with E-state index in [-0.39, 0.29) is 57.7 Å². The first kappa shape index (κ1) is 31.0. The first-order valence-electron chi connectivity index (χ1n) is 14.3. The number of imidazole rings is 1. The summed E-state index contributed by atoms with van der Waals surface area (Å²) in [4.78, 5) is 36.2. The van der Waals surface area contributed by atoms with Gasteiger partial charge in [-0.15, -0.1) is 0 Å². The molecule has 224 valence electrons. The highest BCUT2D eigenvalue weighted by molar-refractivity contribution is 6.84. The van der Waals surface area contributed by atoms with Gasteiger partial charge in [0, 0.05) is 5.92 Å². The van der Waals surface area contributed by atoms with Crippen LogP contribution < -0.4 is 10.9 Å². The Morgan fingerprint density at radius 1 is 1.05 bits per heavy atom. The summed E-state index contributed by atoms with van der Waals surface area (Å²) in [6, 6.07) is 0. The summed E-state index contributed by atoms with van der Waals surface area (Å²) in [5.74, 6) is -0.596. The van der Waals surface area contributed by atoms with Crippen molar-refractivity contribution >= 4 is 40.1 Å². The molecule has 40 heavy (non-hydrogen) atoms. The molecule has 0 radical (unpaired) electrons. The molecule has 2 saturated heterocycles. The minimum Gasteiger partial charge on any atom is -0.414 e. The van der Waals surface area contributed by atoms with E-state index in [0.29, 0.717) is 0 Å². The average molecular weight is 596 g/mol. The molecule has 2 aliphatic rings. The lowest BCUT2D eigenvalue weighted by atomic mass is 10.1. The number of anilines is 1. The number of aromatic amines is 1. The van der Waals surface area contributed by atoms with Crippen molar-refractivity contribution in [1.82, 2.24) is 19.5 Å². The third-order valence-electron chi connectivity index (χ3n) is 8.11. The van der Waals surface area contributed by atoms with Gasteiger partial charge < -0.3 is 22.8 Å². The lowest BCUT2D eigenvalue weighted by Crippen LogP contribution is -2.65. The van der Waals surface area contributed by atoms with Crippen molar-refractivity contribution in [3.63, 3.8) is 0 Å². The van der Waals surface area contributed by atoms with Crippen LogP contribution in [0.4, 0.5) is 5.95 Å². The fourth-order valence-corrected chi connectivity index (χ4v) is 17.0. The standard InChI is InChI=1S/C26H45N5O7Si2/c1-13(2)23(33)29-26-28-22-19(24(34)30-26)27-12-31(22)25-20(32)21-18(36-25)11-35-39(14(3)4,15(5)6)38-40(37-21,16(7)8)17(9)10/h12-18,20-21,25,32H,11H2,1-10H3,(H2,28,29,30,33,34)/t18-,20?,21?,25-/m1/s1. The van der Waals surface area contributed by atoms with Crippen LogP contribution >= 0.6 is 0 Å². The van der Waals surface area contributed by atoms with Crippen molar-refractivity contribution in [2.75, 3.05) is 11.9 Å². The van der Waals surface area contributed by atoms with Crippen LogP contribution in [-0.2, 0) is 22.5 Å². The van der Waals surface area contributed by atoms with Crippen LogP contribution in [0.5, 0.6) is 0 Å². The molecule has 0 bridgehead atoms. The molecule has 12 nitrogen and oxygen atoms in total. The number of aliphatic hydroxyl groups excluding tert-OH is 1. The normalized spacial score (nSPS) is 26.6. The second-order valence-electron chi connectivity index (χ2n) is 12.5. The van der Waals surface area contributed by atoms with E-state index in [1.165, 1.54) is 10.9 Å². The summed E-state index contributed by atoms with van der Waals surface area (Å²) in [7, 11) is -5.75. The van der Waals surface area contributed by atoms with Gasteiger partial charge in [0.15, 0.2) is 17.4 Å². The van der Waals surface area contributed by atoms with Crippen molar-refractivity contribution in [2.24, 2.45) is 5.92 Å². The van der Waals surface area contributed by atoms with E-state index in [0.717, 1.165) is 0 Å². The monoisotopic (exact) mass is 595 g/mol. The molecule has 4 heterocycles. The molecular weight excluding hydrogens is 550 g/mol. The zero-order chi connectivity index (χ0) is 29.7. The Labute approximate surface area is 237 Å². The van der Waals surface area contributed by atoms with Crippen molar-refractivity contribution in [3.8, 4) is 0 Å². The van der Waals surface area contributed by atoms with Gasteiger partial charge in [-0.1, -0.05) is 69.2 Å². The van der Waals surface area contributed by atoms with Crippen molar-refractivity contribution < 1.29 is 27.6 Å². The molecule has 2 aromatic heterocycles. The van der Waals surface area contributed by atoms with Crippen LogP contribution in [0.1, 0.15) is 75.5 Å². The second-order valence-corrected chi connectivity index (χ2v) is 21.3. The predicted octanol–water partition coefficient (Wildman–Crippen LogP) is 3.93. The highest BCUT2D eigenvalue weighted by Gasteiger charge is 2.61. The minimum absolute atomic E-state index is 0.000117. The Morgan fingerprint density at radius 3 is 2.20 bits per heavy atom. The zero-order valence-electron chi connectivity index (χ0n) is 25.2. The van der Waals surface area contributed by atoms with Crippen LogP contribution in [0.3, 0.4) is 0 Å². The smallest absolute Gasteiger partial charge is 0.335 e. The second kappa shape index (κ2) is 11.4. The van der Waals surface area contributed by atoms with Crippen molar-refractivity contribution in [2.45, 2.75) is 116 Å². The van der Waals surface area contributed by atoms with E-state index in [2.05, 4.69) is 75.7 Å². The molecule has 3 N–H and O–H groups in total. The van der Waals surface area contributed by atoms with Gasteiger partial charge in [-0.25, -0.2) is 4.98 Å². The Bertz CT molecular complexity index is 1260. The molecule has 0 aliphatic carbocycles. The van der Waals surface area contributed by atoms with E-state index in [9.17, 15) is 14.7 Å². The van der Waals surface area contributed by atoms with Crippen molar-refractivity contribution in [1.29, 1.82) is 0 Å². The van der Waals surface area contributed by atoms with E-state index >= 15 is 0 Å². The molecule has 1 amide bonds. The number of fused-ring (bicyclic) bond motifs is 2.